The number of alkyl carbamates (subject to hydrolysis) is 1. The number of hydrogen-bond donors (Lipinski definition) is 7. The summed E-state index contributed by atoms with van der Waals surface area (Å²) in [5, 5.41) is 17.2. The van der Waals surface area contributed by atoms with Crippen LogP contribution < -0.4 is 37.2 Å². The van der Waals surface area contributed by atoms with Gasteiger partial charge in [0.1, 0.15) is 23.7 Å². The molecular weight excluding hydrogens is 727 g/mol. The molecule has 0 aliphatic heterocycles. The first-order valence-electron chi connectivity index (χ1n) is 18.5. The molecule has 18 heteroatoms. The van der Waals surface area contributed by atoms with Gasteiger partial charge in [-0.3, -0.25) is 28.8 Å². The van der Waals surface area contributed by atoms with E-state index in [1.54, 1.807) is 56.4 Å². The molecule has 3 atom stereocenters. The molecule has 15 nitrogen and oxygen atoms in total. The SMILES string of the molecule is CNC(=O)[C@H](Cc1ccccc1)NC(=O)[C@H](CCCCNC(=O)C(F)(F)F)NC(=O)CNC(=O)[C@H](CC(C)C)NC(=O)CCCCCNC(=O)OC(C)(C)C. The van der Waals surface area contributed by atoms with E-state index < -0.39 is 72.1 Å². The van der Waals surface area contributed by atoms with Gasteiger partial charge < -0.3 is 42.0 Å². The molecule has 0 saturated heterocycles. The zero-order valence-electron chi connectivity index (χ0n) is 32.6. The van der Waals surface area contributed by atoms with Crippen molar-refractivity contribution >= 4 is 41.5 Å². The Labute approximate surface area is 320 Å². The molecule has 1 aromatic carbocycles. The van der Waals surface area contributed by atoms with Crippen molar-refractivity contribution in [3.8, 4) is 0 Å². The highest BCUT2D eigenvalue weighted by atomic mass is 19.4. The molecule has 310 valence electrons. The van der Waals surface area contributed by atoms with Gasteiger partial charge in [0.25, 0.3) is 0 Å². The molecule has 0 aromatic heterocycles. The van der Waals surface area contributed by atoms with Gasteiger partial charge in [0, 0.05) is 33.0 Å². The fourth-order valence-corrected chi connectivity index (χ4v) is 5.15. The zero-order chi connectivity index (χ0) is 41.6. The van der Waals surface area contributed by atoms with Gasteiger partial charge in [0.2, 0.25) is 29.5 Å². The van der Waals surface area contributed by atoms with E-state index in [0.717, 1.165) is 5.56 Å². The summed E-state index contributed by atoms with van der Waals surface area (Å²) in [6, 6.07) is 5.62. The number of rotatable bonds is 23. The molecule has 55 heavy (non-hydrogen) atoms. The standard InChI is InChI=1S/C37H58F3N7O8/c1-24(2)21-27(46-29(48)18-11-8-13-20-43-35(54)55-36(3,4)5)32(51)44-23-30(49)45-26(17-12-14-19-42-34(53)37(38,39)40)33(52)47-28(31(50)41-6)22-25-15-9-7-10-16-25/h7,9-10,15-16,24,26-28H,8,11-14,17-23H2,1-6H3,(H,41,50)(H,42,53)(H,43,54)(H,44,51)(H,45,49)(H,46,48)(H,47,52)/t26-,27-,28-/m0/s1. The monoisotopic (exact) mass is 785 g/mol. The predicted molar refractivity (Wildman–Crippen MR) is 198 cm³/mol. The van der Waals surface area contributed by atoms with Gasteiger partial charge in [-0.1, -0.05) is 50.6 Å². The summed E-state index contributed by atoms with van der Waals surface area (Å²) < 4.78 is 42.8. The predicted octanol–water partition coefficient (Wildman–Crippen LogP) is 2.53. The van der Waals surface area contributed by atoms with Gasteiger partial charge >= 0.3 is 18.2 Å². The Morgan fingerprint density at radius 1 is 0.691 bits per heavy atom. The Balaban J connectivity index is 2.83. The van der Waals surface area contributed by atoms with Crippen LogP contribution in [0.1, 0.15) is 91.5 Å². The summed E-state index contributed by atoms with van der Waals surface area (Å²) in [7, 11) is 1.40. The Hall–Kier alpha value is -4.90. The lowest BCUT2D eigenvalue weighted by Gasteiger charge is -2.24. The zero-order valence-corrected chi connectivity index (χ0v) is 32.6. The first-order chi connectivity index (χ1) is 25.7. The first-order valence-corrected chi connectivity index (χ1v) is 18.5. The average molecular weight is 786 g/mol. The second-order valence-corrected chi connectivity index (χ2v) is 14.4. The number of alkyl halides is 3. The van der Waals surface area contributed by atoms with Crippen molar-refractivity contribution in [3.63, 3.8) is 0 Å². The lowest BCUT2D eigenvalue weighted by molar-refractivity contribution is -0.173. The van der Waals surface area contributed by atoms with Crippen LogP contribution in [0.15, 0.2) is 30.3 Å². The number of benzene rings is 1. The van der Waals surface area contributed by atoms with Crippen LogP contribution in [0, 0.1) is 5.92 Å². The number of carbonyl (C=O) groups is 7. The maximum atomic E-state index is 13.4. The van der Waals surface area contributed by atoms with Gasteiger partial charge in [-0.25, -0.2) is 4.79 Å². The molecule has 0 unspecified atom stereocenters. The Morgan fingerprint density at radius 2 is 1.31 bits per heavy atom. The molecule has 0 aliphatic carbocycles. The molecule has 7 N–H and O–H groups in total. The Morgan fingerprint density at radius 3 is 1.91 bits per heavy atom. The molecular formula is C37H58F3N7O8. The number of halogens is 3. The quantitative estimate of drug-likeness (QED) is 0.0818. The number of carbonyl (C=O) groups excluding carboxylic acids is 7. The normalized spacial score (nSPS) is 13.1. The van der Waals surface area contributed by atoms with Crippen molar-refractivity contribution in [2.45, 2.75) is 122 Å². The van der Waals surface area contributed by atoms with Crippen LogP contribution in [-0.4, -0.2) is 98.1 Å². The maximum Gasteiger partial charge on any atom is 0.471 e. The molecule has 1 aromatic rings. The van der Waals surface area contributed by atoms with Crippen molar-refractivity contribution in [2.24, 2.45) is 5.92 Å². The lowest BCUT2D eigenvalue weighted by atomic mass is 10.0. The van der Waals surface area contributed by atoms with Crippen LogP contribution >= 0.6 is 0 Å². The van der Waals surface area contributed by atoms with E-state index in [2.05, 4.69) is 31.9 Å². The van der Waals surface area contributed by atoms with Crippen molar-refractivity contribution in [1.82, 2.24) is 37.2 Å². The third-order valence-electron chi connectivity index (χ3n) is 7.81. The maximum absolute atomic E-state index is 13.4. The van der Waals surface area contributed by atoms with Gasteiger partial charge in [0.15, 0.2) is 0 Å². The smallest absolute Gasteiger partial charge is 0.444 e. The Bertz CT molecular complexity index is 1410. The number of likely N-dealkylation sites (N-methyl/N-ethyl adjacent to an activating group) is 1. The van der Waals surface area contributed by atoms with Gasteiger partial charge in [0.05, 0.1) is 6.54 Å². The number of nitrogens with one attached hydrogen (secondary N) is 7. The number of ether oxygens (including phenoxy) is 1. The summed E-state index contributed by atoms with van der Waals surface area (Å²) >= 11 is 0. The van der Waals surface area contributed by atoms with E-state index in [4.69, 9.17) is 4.74 Å². The Kier molecular flexibility index (Phi) is 21.4. The van der Waals surface area contributed by atoms with Gasteiger partial charge in [-0.15, -0.1) is 0 Å². The van der Waals surface area contributed by atoms with E-state index in [0.29, 0.717) is 25.8 Å². The lowest BCUT2D eigenvalue weighted by Crippen LogP contribution is -2.55. The minimum atomic E-state index is -5.05. The largest absolute Gasteiger partial charge is 0.471 e. The molecule has 0 fully saturated rings. The van der Waals surface area contributed by atoms with Crippen molar-refractivity contribution in [1.29, 1.82) is 0 Å². The van der Waals surface area contributed by atoms with Crippen LogP contribution in [0.4, 0.5) is 18.0 Å². The van der Waals surface area contributed by atoms with Crippen LogP contribution in [0.25, 0.3) is 0 Å². The van der Waals surface area contributed by atoms with Crippen molar-refractivity contribution in [3.05, 3.63) is 35.9 Å². The highest BCUT2D eigenvalue weighted by Crippen LogP contribution is 2.14. The number of hydrogen-bond acceptors (Lipinski definition) is 8. The van der Waals surface area contributed by atoms with E-state index in [1.165, 1.54) is 7.05 Å². The second kappa shape index (κ2) is 24.5. The van der Waals surface area contributed by atoms with Gasteiger partial charge in [-0.05, 0) is 70.8 Å². The number of unbranched alkanes of at least 4 members (excludes halogenated alkanes) is 3. The molecule has 0 heterocycles. The molecule has 7 amide bonds. The van der Waals surface area contributed by atoms with Crippen molar-refractivity contribution in [2.75, 3.05) is 26.7 Å². The van der Waals surface area contributed by atoms with Crippen LogP contribution in [0.3, 0.4) is 0 Å². The fourth-order valence-electron chi connectivity index (χ4n) is 5.15. The molecule has 0 bridgehead atoms. The van der Waals surface area contributed by atoms with E-state index in [1.807, 2.05) is 13.8 Å². The minimum absolute atomic E-state index is 0.00181. The third kappa shape index (κ3) is 22.2. The van der Waals surface area contributed by atoms with E-state index >= 15 is 0 Å². The summed E-state index contributed by atoms with van der Waals surface area (Å²) in [4.78, 5) is 87.8. The minimum Gasteiger partial charge on any atom is -0.444 e. The molecule has 0 saturated carbocycles. The number of amides is 7. The van der Waals surface area contributed by atoms with E-state index in [9.17, 15) is 46.7 Å². The first kappa shape index (κ1) is 48.1. The highest BCUT2D eigenvalue weighted by molar-refractivity contribution is 5.94. The molecule has 0 aliphatic rings. The summed E-state index contributed by atoms with van der Waals surface area (Å²) in [5.41, 5.74) is 0.135. The van der Waals surface area contributed by atoms with Crippen molar-refractivity contribution < 1.29 is 51.5 Å². The fraction of sp³-hybridized carbons (Fsp3) is 0.649. The van der Waals surface area contributed by atoms with Gasteiger partial charge in [-0.2, -0.15) is 13.2 Å². The average Bonchev–Trinajstić information content (AvgIpc) is 3.09. The van der Waals surface area contributed by atoms with Crippen LogP contribution in [0.2, 0.25) is 0 Å². The molecule has 0 radical (unpaired) electrons. The second-order valence-electron chi connectivity index (χ2n) is 14.4. The summed E-state index contributed by atoms with van der Waals surface area (Å²) in [5.74, 6) is -5.10. The highest BCUT2D eigenvalue weighted by Gasteiger charge is 2.38. The van der Waals surface area contributed by atoms with Crippen LogP contribution in [-0.2, 0) is 39.9 Å². The topological polar surface area (TPSA) is 213 Å². The van der Waals surface area contributed by atoms with E-state index in [-0.39, 0.29) is 56.9 Å². The molecule has 0 spiro atoms. The van der Waals surface area contributed by atoms with Crippen LogP contribution in [0.5, 0.6) is 0 Å². The third-order valence-corrected chi connectivity index (χ3v) is 7.81. The summed E-state index contributed by atoms with van der Waals surface area (Å²) in [6.07, 6.45) is -3.20. The molecule has 1 rings (SSSR count). The summed E-state index contributed by atoms with van der Waals surface area (Å²) in [6.45, 7) is 8.47.